The lowest BCUT2D eigenvalue weighted by atomic mass is 10.0. The normalized spacial score (nSPS) is 18.3. The number of halogens is 2. The monoisotopic (exact) mass is 476 g/mol. The molecule has 2 N–H and O–H groups in total. The van der Waals surface area contributed by atoms with Gasteiger partial charge in [0.15, 0.2) is 5.96 Å². The molecule has 0 spiro atoms. The van der Waals surface area contributed by atoms with Crippen LogP contribution in [-0.4, -0.2) is 44.1 Å². The molecule has 0 aromatic heterocycles. The summed E-state index contributed by atoms with van der Waals surface area (Å²) >= 11 is 0. The van der Waals surface area contributed by atoms with Gasteiger partial charge >= 0.3 is 0 Å². The number of aryl methyl sites for hydroxylation is 1. The fraction of sp³-hybridized carbons (Fsp3) is 0.650. The number of aliphatic imine (C=N–C) groups is 1. The van der Waals surface area contributed by atoms with Crippen LogP contribution in [-0.2, 0) is 6.54 Å². The summed E-state index contributed by atoms with van der Waals surface area (Å²) < 4.78 is 13.3. The molecule has 0 bridgehead atoms. The van der Waals surface area contributed by atoms with Crippen molar-refractivity contribution in [1.29, 1.82) is 0 Å². The van der Waals surface area contributed by atoms with Crippen LogP contribution in [0.2, 0.25) is 0 Å². The van der Waals surface area contributed by atoms with Crippen molar-refractivity contribution in [3.63, 3.8) is 0 Å². The van der Waals surface area contributed by atoms with Crippen molar-refractivity contribution in [2.45, 2.75) is 46.1 Å². The number of piperidine rings is 1. The zero-order valence-corrected chi connectivity index (χ0v) is 18.7. The fourth-order valence-corrected chi connectivity index (χ4v) is 3.38. The Balaban J connectivity index is 0.00000338. The van der Waals surface area contributed by atoms with E-state index in [1.807, 2.05) is 12.1 Å². The largest absolute Gasteiger partial charge is 0.356 e. The van der Waals surface area contributed by atoms with E-state index >= 15 is 0 Å². The molecule has 1 atom stereocenters. The molecule has 0 radical (unpaired) electrons. The summed E-state index contributed by atoms with van der Waals surface area (Å²) in [5.41, 5.74) is 1.73. The smallest absolute Gasteiger partial charge is 0.191 e. The van der Waals surface area contributed by atoms with Crippen LogP contribution in [0.1, 0.15) is 43.7 Å². The average molecular weight is 476 g/mol. The number of hydrogen-bond donors (Lipinski definition) is 2. The first-order valence-electron chi connectivity index (χ1n) is 9.50. The number of benzene rings is 1. The Morgan fingerprint density at radius 2 is 2.12 bits per heavy atom. The zero-order chi connectivity index (χ0) is 18.1. The van der Waals surface area contributed by atoms with Gasteiger partial charge in [-0.15, -0.1) is 24.0 Å². The second-order valence-electron chi connectivity index (χ2n) is 7.19. The molecular weight excluding hydrogens is 442 g/mol. The first-order chi connectivity index (χ1) is 12.1. The molecule has 0 aliphatic carbocycles. The van der Waals surface area contributed by atoms with Crippen LogP contribution in [0.15, 0.2) is 23.2 Å². The highest BCUT2D eigenvalue weighted by atomic mass is 127. The van der Waals surface area contributed by atoms with Crippen LogP contribution in [0.4, 0.5) is 4.39 Å². The number of hydrogen-bond acceptors (Lipinski definition) is 2. The first-order valence-corrected chi connectivity index (χ1v) is 9.50. The highest BCUT2D eigenvalue weighted by molar-refractivity contribution is 14.0. The molecule has 1 fully saturated rings. The van der Waals surface area contributed by atoms with Gasteiger partial charge in [-0.05, 0) is 68.8 Å². The lowest BCUT2D eigenvalue weighted by Gasteiger charge is -2.30. The van der Waals surface area contributed by atoms with E-state index in [9.17, 15) is 4.39 Å². The SMILES string of the molecule is CN=C(NCCCCN1CCCC(C)C1)NCc1ccc(F)c(C)c1.I. The van der Waals surface area contributed by atoms with Crippen LogP contribution in [0.3, 0.4) is 0 Å². The van der Waals surface area contributed by atoms with Crippen molar-refractivity contribution in [2.75, 3.05) is 33.2 Å². The van der Waals surface area contributed by atoms with E-state index in [0.29, 0.717) is 12.1 Å². The summed E-state index contributed by atoms with van der Waals surface area (Å²) in [4.78, 5) is 6.85. The second-order valence-corrected chi connectivity index (χ2v) is 7.19. The van der Waals surface area contributed by atoms with Crippen molar-refractivity contribution in [3.8, 4) is 0 Å². The molecule has 4 nitrogen and oxygen atoms in total. The van der Waals surface area contributed by atoms with Gasteiger partial charge in [0.25, 0.3) is 0 Å². The number of rotatable bonds is 7. The van der Waals surface area contributed by atoms with Gasteiger partial charge in [-0.1, -0.05) is 19.1 Å². The molecule has 1 aromatic carbocycles. The van der Waals surface area contributed by atoms with Crippen molar-refractivity contribution >= 4 is 29.9 Å². The second kappa shape index (κ2) is 12.5. The van der Waals surface area contributed by atoms with E-state index in [0.717, 1.165) is 30.4 Å². The highest BCUT2D eigenvalue weighted by Crippen LogP contribution is 2.15. The first kappa shape index (κ1) is 23.1. The Morgan fingerprint density at radius 1 is 1.31 bits per heavy atom. The average Bonchev–Trinajstić information content (AvgIpc) is 2.60. The van der Waals surface area contributed by atoms with E-state index < -0.39 is 0 Å². The Bertz CT molecular complexity index is 565. The van der Waals surface area contributed by atoms with E-state index in [-0.39, 0.29) is 29.8 Å². The number of nitrogens with one attached hydrogen (secondary N) is 2. The van der Waals surface area contributed by atoms with Gasteiger partial charge < -0.3 is 15.5 Å². The molecule has 1 aliphatic rings. The van der Waals surface area contributed by atoms with Crippen molar-refractivity contribution < 1.29 is 4.39 Å². The number of guanidine groups is 1. The number of nitrogens with zero attached hydrogens (tertiary/aromatic N) is 2. The van der Waals surface area contributed by atoms with Gasteiger partial charge in [0.2, 0.25) is 0 Å². The van der Waals surface area contributed by atoms with Gasteiger partial charge in [0.1, 0.15) is 5.82 Å². The summed E-state index contributed by atoms with van der Waals surface area (Å²) in [5.74, 6) is 1.49. The third kappa shape index (κ3) is 8.20. The van der Waals surface area contributed by atoms with E-state index in [2.05, 4.69) is 27.4 Å². The molecule has 2 rings (SSSR count). The lowest BCUT2D eigenvalue weighted by Crippen LogP contribution is -2.38. The van der Waals surface area contributed by atoms with E-state index in [1.54, 1.807) is 14.0 Å². The van der Waals surface area contributed by atoms with E-state index in [1.165, 1.54) is 45.0 Å². The maximum Gasteiger partial charge on any atom is 0.191 e. The fourth-order valence-electron chi connectivity index (χ4n) is 3.38. The standard InChI is InChI=1S/C20H33FN4.HI/c1-16-7-6-12-25(15-16)11-5-4-10-23-20(22-3)24-14-18-8-9-19(21)17(2)13-18;/h8-9,13,16H,4-7,10-12,14-15H2,1-3H3,(H2,22,23,24);1H. The Labute approximate surface area is 175 Å². The summed E-state index contributed by atoms with van der Waals surface area (Å²) in [6.45, 7) is 9.43. The maximum atomic E-state index is 13.3. The van der Waals surface area contributed by atoms with Gasteiger partial charge in [-0.2, -0.15) is 0 Å². The topological polar surface area (TPSA) is 39.7 Å². The van der Waals surface area contributed by atoms with Gasteiger partial charge in [-0.3, -0.25) is 4.99 Å². The molecule has 1 unspecified atom stereocenters. The predicted octanol–water partition coefficient (Wildman–Crippen LogP) is 3.93. The molecule has 1 aliphatic heterocycles. The summed E-state index contributed by atoms with van der Waals surface area (Å²) in [6, 6.07) is 5.20. The lowest BCUT2D eigenvalue weighted by molar-refractivity contribution is 0.181. The molecule has 0 saturated carbocycles. The maximum absolute atomic E-state index is 13.3. The van der Waals surface area contributed by atoms with Crippen LogP contribution >= 0.6 is 24.0 Å². The van der Waals surface area contributed by atoms with Crippen molar-refractivity contribution in [2.24, 2.45) is 10.9 Å². The summed E-state index contributed by atoms with van der Waals surface area (Å²) in [5, 5.41) is 6.64. The highest BCUT2D eigenvalue weighted by Gasteiger charge is 2.15. The minimum atomic E-state index is -0.158. The predicted molar refractivity (Wildman–Crippen MR) is 119 cm³/mol. The van der Waals surface area contributed by atoms with Gasteiger partial charge in [-0.25, -0.2) is 4.39 Å². The molecule has 1 saturated heterocycles. The molecule has 0 amide bonds. The number of likely N-dealkylation sites (tertiary alicyclic amines) is 1. The molecular formula is C20H34FIN4. The minimum absolute atomic E-state index is 0. The summed E-state index contributed by atoms with van der Waals surface area (Å²) in [6.07, 6.45) is 5.08. The Hall–Kier alpha value is -0.890. The molecule has 1 aromatic rings. The van der Waals surface area contributed by atoms with E-state index in [4.69, 9.17) is 0 Å². The van der Waals surface area contributed by atoms with Crippen LogP contribution in [0, 0.1) is 18.7 Å². The third-order valence-corrected chi connectivity index (χ3v) is 4.84. The molecule has 26 heavy (non-hydrogen) atoms. The van der Waals surface area contributed by atoms with Crippen molar-refractivity contribution in [1.82, 2.24) is 15.5 Å². The van der Waals surface area contributed by atoms with Gasteiger partial charge in [0, 0.05) is 26.7 Å². The number of unbranched alkanes of at least 4 members (excludes halogenated alkanes) is 1. The van der Waals surface area contributed by atoms with Crippen molar-refractivity contribution in [3.05, 3.63) is 35.1 Å². The summed E-state index contributed by atoms with van der Waals surface area (Å²) in [7, 11) is 1.78. The Kier molecular flexibility index (Phi) is 11.1. The Morgan fingerprint density at radius 3 is 2.81 bits per heavy atom. The third-order valence-electron chi connectivity index (χ3n) is 4.84. The zero-order valence-electron chi connectivity index (χ0n) is 16.4. The molecule has 1 heterocycles. The quantitative estimate of drug-likeness (QED) is 0.271. The molecule has 6 heteroatoms. The van der Waals surface area contributed by atoms with Crippen LogP contribution < -0.4 is 10.6 Å². The molecule has 148 valence electrons. The van der Waals surface area contributed by atoms with Gasteiger partial charge in [0.05, 0.1) is 0 Å². The van der Waals surface area contributed by atoms with Crippen LogP contribution in [0.5, 0.6) is 0 Å². The van der Waals surface area contributed by atoms with Crippen LogP contribution in [0.25, 0.3) is 0 Å². The minimum Gasteiger partial charge on any atom is -0.356 e.